The fourth-order valence-electron chi connectivity index (χ4n) is 2.95. The number of esters is 1. The van der Waals surface area contributed by atoms with E-state index in [2.05, 4.69) is 30.2 Å². The monoisotopic (exact) mass is 399 g/mol. The fourth-order valence-corrected chi connectivity index (χ4v) is 5.09. The van der Waals surface area contributed by atoms with E-state index in [1.165, 1.54) is 9.79 Å². The van der Waals surface area contributed by atoms with Gasteiger partial charge in [-0.25, -0.2) is 4.79 Å². The summed E-state index contributed by atoms with van der Waals surface area (Å²) in [6.45, 7) is 3.54. The molecule has 0 bridgehead atoms. The standard InChI is InChI=1S/C26H23O2S/c1-4-19-26(3,5-2)28-25(27)21-13-12-18-24(20-21)29(22-14-8-6-9-15-22)23-16-10-7-11-17-23/h2,4,6-20H,1,3H3/q+1/b19-4+. The summed E-state index contributed by atoms with van der Waals surface area (Å²) in [5.74, 6) is 2.11. The van der Waals surface area contributed by atoms with Gasteiger partial charge in [0.2, 0.25) is 0 Å². The van der Waals surface area contributed by atoms with E-state index >= 15 is 0 Å². The molecule has 0 aromatic heterocycles. The summed E-state index contributed by atoms with van der Waals surface area (Å²) in [5, 5.41) is 0. The number of carbonyl (C=O) groups is 1. The molecule has 0 aliphatic carbocycles. The number of terminal acetylenes is 1. The van der Waals surface area contributed by atoms with Crippen LogP contribution in [-0.2, 0) is 15.6 Å². The molecule has 0 saturated carbocycles. The zero-order valence-electron chi connectivity index (χ0n) is 16.5. The molecule has 144 valence electrons. The number of ether oxygens (including phenoxy) is 1. The van der Waals surface area contributed by atoms with Gasteiger partial charge in [-0.1, -0.05) is 54.5 Å². The van der Waals surface area contributed by atoms with E-state index in [0.717, 1.165) is 4.90 Å². The van der Waals surface area contributed by atoms with Gasteiger partial charge < -0.3 is 4.74 Å². The van der Waals surface area contributed by atoms with Crippen molar-refractivity contribution in [3.8, 4) is 12.3 Å². The minimum Gasteiger partial charge on any atom is -0.439 e. The maximum Gasteiger partial charge on any atom is 0.340 e. The number of hydrogen-bond acceptors (Lipinski definition) is 2. The molecular weight excluding hydrogens is 376 g/mol. The average molecular weight is 400 g/mol. The quantitative estimate of drug-likeness (QED) is 0.223. The largest absolute Gasteiger partial charge is 0.439 e. The van der Waals surface area contributed by atoms with Crippen LogP contribution in [0.4, 0.5) is 0 Å². The number of carbonyl (C=O) groups excluding carboxylic acids is 1. The Morgan fingerprint density at radius 3 is 2.00 bits per heavy atom. The van der Waals surface area contributed by atoms with Crippen LogP contribution in [0.1, 0.15) is 24.2 Å². The molecular formula is C26H23O2S+. The molecule has 3 aromatic rings. The van der Waals surface area contributed by atoms with Crippen molar-refractivity contribution < 1.29 is 9.53 Å². The van der Waals surface area contributed by atoms with E-state index in [0.29, 0.717) is 5.56 Å². The normalized spacial score (nSPS) is 13.0. The zero-order valence-corrected chi connectivity index (χ0v) is 17.4. The lowest BCUT2D eigenvalue weighted by atomic mass is 10.1. The van der Waals surface area contributed by atoms with E-state index in [4.69, 9.17) is 11.2 Å². The Kier molecular flexibility index (Phi) is 6.59. The first-order chi connectivity index (χ1) is 14.1. The highest BCUT2D eigenvalue weighted by molar-refractivity contribution is 7.97. The molecule has 0 aliphatic rings. The van der Waals surface area contributed by atoms with Crippen LogP contribution >= 0.6 is 0 Å². The molecule has 0 fully saturated rings. The zero-order chi connectivity index (χ0) is 20.7. The first kappa shape index (κ1) is 20.5. The highest BCUT2D eigenvalue weighted by Gasteiger charge is 2.30. The maximum atomic E-state index is 12.8. The average Bonchev–Trinajstić information content (AvgIpc) is 2.76. The molecule has 3 rings (SSSR count). The Morgan fingerprint density at radius 1 is 0.931 bits per heavy atom. The Hall–Kier alpha value is -3.22. The van der Waals surface area contributed by atoms with E-state index < -0.39 is 11.6 Å². The van der Waals surface area contributed by atoms with Gasteiger partial charge in [-0.05, 0) is 56.3 Å². The summed E-state index contributed by atoms with van der Waals surface area (Å²) >= 11 is 0. The lowest BCUT2D eigenvalue weighted by Gasteiger charge is -2.20. The van der Waals surface area contributed by atoms with Crippen LogP contribution in [0.2, 0.25) is 0 Å². The van der Waals surface area contributed by atoms with Crippen molar-refractivity contribution >= 4 is 16.9 Å². The minimum atomic E-state index is -1.07. The summed E-state index contributed by atoms with van der Waals surface area (Å²) < 4.78 is 5.60. The Balaban J connectivity index is 2.00. The topological polar surface area (TPSA) is 26.3 Å². The number of rotatable bonds is 6. The molecule has 1 unspecified atom stereocenters. The van der Waals surface area contributed by atoms with Crippen molar-refractivity contribution in [2.45, 2.75) is 34.1 Å². The van der Waals surface area contributed by atoms with Gasteiger partial charge >= 0.3 is 5.97 Å². The summed E-state index contributed by atoms with van der Waals surface area (Å²) in [7, 11) is -0.332. The van der Waals surface area contributed by atoms with Gasteiger partial charge in [0.1, 0.15) is 0 Å². The van der Waals surface area contributed by atoms with Gasteiger partial charge in [0, 0.05) is 6.07 Å². The third kappa shape index (κ3) is 4.99. The predicted molar refractivity (Wildman–Crippen MR) is 119 cm³/mol. The second kappa shape index (κ2) is 9.32. The van der Waals surface area contributed by atoms with Gasteiger partial charge in [0.15, 0.2) is 20.3 Å². The van der Waals surface area contributed by atoms with E-state index in [-0.39, 0.29) is 10.9 Å². The fraction of sp³-hybridized carbons (Fsp3) is 0.115. The Bertz CT molecular complexity index is 996. The lowest BCUT2D eigenvalue weighted by Crippen LogP contribution is -2.27. The van der Waals surface area contributed by atoms with Gasteiger partial charge in [-0.2, -0.15) is 0 Å². The van der Waals surface area contributed by atoms with Crippen molar-refractivity contribution in [3.05, 3.63) is 103 Å². The Labute approximate surface area is 175 Å². The Morgan fingerprint density at radius 2 is 1.48 bits per heavy atom. The summed E-state index contributed by atoms with van der Waals surface area (Å²) in [6, 6.07) is 28.2. The molecule has 0 saturated heterocycles. The SMILES string of the molecule is C#CC(C)(/C=C/C)OC(=O)c1cccc([S+](c2ccccc2)c2ccccc2)c1. The van der Waals surface area contributed by atoms with Crippen LogP contribution in [0, 0.1) is 12.3 Å². The highest BCUT2D eigenvalue weighted by atomic mass is 32.2. The predicted octanol–water partition coefficient (Wildman–Crippen LogP) is 5.91. The molecule has 29 heavy (non-hydrogen) atoms. The molecule has 1 atom stereocenters. The maximum absolute atomic E-state index is 12.8. The van der Waals surface area contributed by atoms with Crippen molar-refractivity contribution in [2.75, 3.05) is 0 Å². The van der Waals surface area contributed by atoms with Crippen LogP contribution < -0.4 is 0 Å². The third-order valence-corrected chi connectivity index (χ3v) is 6.55. The molecule has 0 aliphatic heterocycles. The lowest BCUT2D eigenvalue weighted by molar-refractivity contribution is 0.0283. The van der Waals surface area contributed by atoms with Gasteiger partial charge in [-0.15, -0.1) is 6.42 Å². The van der Waals surface area contributed by atoms with Crippen molar-refractivity contribution in [1.29, 1.82) is 0 Å². The molecule has 0 heterocycles. The van der Waals surface area contributed by atoms with Crippen molar-refractivity contribution in [1.82, 2.24) is 0 Å². The van der Waals surface area contributed by atoms with E-state index in [1.807, 2.05) is 61.5 Å². The second-order valence-corrected chi connectivity index (χ2v) is 8.63. The summed E-state index contributed by atoms with van der Waals surface area (Å²) in [6.07, 6.45) is 9.06. The van der Waals surface area contributed by atoms with Crippen molar-refractivity contribution in [2.24, 2.45) is 0 Å². The minimum absolute atomic E-state index is 0.332. The van der Waals surface area contributed by atoms with Gasteiger partial charge in [0.05, 0.1) is 16.5 Å². The van der Waals surface area contributed by atoms with E-state index in [9.17, 15) is 4.79 Å². The number of benzene rings is 3. The molecule has 3 heteroatoms. The number of hydrogen-bond donors (Lipinski definition) is 0. The van der Waals surface area contributed by atoms with Gasteiger partial charge in [-0.3, -0.25) is 0 Å². The molecule has 0 N–H and O–H groups in total. The van der Waals surface area contributed by atoms with Crippen molar-refractivity contribution in [3.63, 3.8) is 0 Å². The van der Waals surface area contributed by atoms with Crippen LogP contribution in [0.15, 0.2) is 112 Å². The molecule has 0 spiro atoms. The third-order valence-electron chi connectivity index (χ3n) is 4.34. The summed E-state index contributed by atoms with van der Waals surface area (Å²) in [4.78, 5) is 16.2. The van der Waals surface area contributed by atoms with Crippen LogP contribution in [0.5, 0.6) is 0 Å². The van der Waals surface area contributed by atoms with Gasteiger partial charge in [0.25, 0.3) is 0 Å². The highest BCUT2D eigenvalue weighted by Crippen LogP contribution is 2.31. The first-order valence-electron chi connectivity index (χ1n) is 9.36. The van der Waals surface area contributed by atoms with Crippen LogP contribution in [-0.4, -0.2) is 11.6 Å². The second-order valence-electron chi connectivity index (χ2n) is 6.60. The van der Waals surface area contributed by atoms with Crippen LogP contribution in [0.25, 0.3) is 0 Å². The smallest absolute Gasteiger partial charge is 0.340 e. The number of allylic oxidation sites excluding steroid dienone is 1. The van der Waals surface area contributed by atoms with E-state index in [1.54, 1.807) is 25.1 Å². The molecule has 0 radical (unpaired) electrons. The first-order valence-corrected chi connectivity index (χ1v) is 10.6. The molecule has 2 nitrogen and oxygen atoms in total. The summed E-state index contributed by atoms with van der Waals surface area (Å²) in [5.41, 5.74) is -0.583. The molecule has 0 amide bonds. The molecule has 3 aromatic carbocycles. The van der Waals surface area contributed by atoms with Crippen LogP contribution in [0.3, 0.4) is 0 Å².